The third kappa shape index (κ3) is 8.90. The van der Waals surface area contributed by atoms with E-state index in [1.807, 2.05) is 0 Å². The number of benzene rings is 4. The summed E-state index contributed by atoms with van der Waals surface area (Å²) in [6.45, 7) is -0.779. The summed E-state index contributed by atoms with van der Waals surface area (Å²) in [5, 5.41) is 7.53. The number of nitrogens with one attached hydrogen (secondary N) is 1. The summed E-state index contributed by atoms with van der Waals surface area (Å²) in [6.07, 6.45) is -15.1. The van der Waals surface area contributed by atoms with E-state index in [2.05, 4.69) is 0 Å². The Bertz CT molecular complexity index is 1790. The van der Waals surface area contributed by atoms with E-state index >= 15 is 0 Å². The molecule has 1 heterocycles. The summed E-state index contributed by atoms with van der Waals surface area (Å²) in [4.78, 5) is 53.1. The highest BCUT2D eigenvalue weighted by Crippen LogP contribution is 2.33. The number of carbonyl (C=O) groups is 4. The van der Waals surface area contributed by atoms with Crippen LogP contribution in [0.3, 0.4) is 0 Å². The first kappa shape index (κ1) is 35.3. The van der Waals surface area contributed by atoms with Crippen LogP contribution in [0.2, 0.25) is 0 Å². The van der Waals surface area contributed by atoms with Crippen LogP contribution in [0.4, 0.5) is 13.2 Å². The molecule has 11 nitrogen and oxygen atoms in total. The normalized spacial score (nSPS) is 20.1. The van der Waals surface area contributed by atoms with Gasteiger partial charge < -0.3 is 28.4 Å². The van der Waals surface area contributed by atoms with Crippen molar-refractivity contribution in [3.05, 3.63) is 144 Å². The Morgan fingerprint density at radius 1 is 0.540 bits per heavy atom. The van der Waals surface area contributed by atoms with E-state index in [4.69, 9.17) is 33.8 Å². The largest absolute Gasteiger partial charge is 0.467 e. The predicted molar refractivity (Wildman–Crippen MR) is 167 cm³/mol. The summed E-state index contributed by atoms with van der Waals surface area (Å²) in [5.74, 6) is -6.26. The second-order valence-corrected chi connectivity index (χ2v) is 10.7. The number of alkyl halides is 3. The molecule has 1 fully saturated rings. The van der Waals surface area contributed by atoms with Crippen molar-refractivity contribution < 1.29 is 60.8 Å². The van der Waals surface area contributed by atoms with Crippen molar-refractivity contribution in [2.24, 2.45) is 0 Å². The van der Waals surface area contributed by atoms with Crippen LogP contribution in [0.1, 0.15) is 41.4 Å². The fraction of sp³-hybridized carbons (Fsp3) is 0.194. The van der Waals surface area contributed by atoms with Gasteiger partial charge in [0.25, 0.3) is 5.90 Å². The molecule has 0 bridgehead atoms. The summed E-state index contributed by atoms with van der Waals surface area (Å²) in [5.41, 5.74) is 0.0556. The molecule has 1 unspecified atom stereocenters. The van der Waals surface area contributed by atoms with Gasteiger partial charge >= 0.3 is 30.1 Å². The average molecular weight is 692 g/mol. The van der Waals surface area contributed by atoms with Gasteiger partial charge in [0.05, 0.1) is 22.3 Å². The number of esters is 4. The molecule has 0 aromatic heterocycles. The van der Waals surface area contributed by atoms with Crippen LogP contribution in [0.15, 0.2) is 121 Å². The molecule has 5 rings (SSSR count). The van der Waals surface area contributed by atoms with Gasteiger partial charge in [-0.2, -0.15) is 13.2 Å². The SMILES string of the molecule is N=C(OC1O[C@H](COC(=O)c2ccccc2)[C@@H](OC(=O)c2ccccc2)[C@H](OC(=O)c2ccccc2)[C@H]1OC(=O)c1ccccc1)C(F)(F)F. The molecule has 4 aromatic rings. The summed E-state index contributed by atoms with van der Waals surface area (Å²) in [7, 11) is 0. The van der Waals surface area contributed by atoms with Gasteiger partial charge in [-0.3, -0.25) is 5.41 Å². The molecule has 4 aromatic carbocycles. The molecule has 1 aliphatic rings. The quantitative estimate of drug-likeness (QED) is 0.0937. The second kappa shape index (κ2) is 15.9. The van der Waals surface area contributed by atoms with E-state index in [-0.39, 0.29) is 22.3 Å². The highest BCUT2D eigenvalue weighted by Gasteiger charge is 2.55. The number of ether oxygens (including phenoxy) is 6. The maximum atomic E-state index is 13.6. The molecule has 0 aliphatic carbocycles. The Morgan fingerprint density at radius 3 is 1.30 bits per heavy atom. The molecule has 0 radical (unpaired) electrons. The third-order valence-electron chi connectivity index (χ3n) is 7.23. The minimum atomic E-state index is -5.32. The molecule has 1 aliphatic heterocycles. The average Bonchev–Trinajstić information content (AvgIpc) is 3.13. The Morgan fingerprint density at radius 2 is 0.900 bits per heavy atom. The van der Waals surface area contributed by atoms with Crippen molar-refractivity contribution in [3.63, 3.8) is 0 Å². The number of rotatable bonds is 10. The minimum Gasteiger partial charge on any atom is -0.459 e. The first-order chi connectivity index (χ1) is 24.0. The molecular weight excluding hydrogens is 663 g/mol. The first-order valence-corrected chi connectivity index (χ1v) is 15.0. The lowest BCUT2D eigenvalue weighted by molar-refractivity contribution is -0.283. The zero-order valence-electron chi connectivity index (χ0n) is 25.9. The topological polar surface area (TPSA) is 148 Å². The lowest BCUT2D eigenvalue weighted by atomic mass is 9.97. The van der Waals surface area contributed by atoms with E-state index in [1.54, 1.807) is 36.4 Å². The van der Waals surface area contributed by atoms with E-state index in [1.165, 1.54) is 84.9 Å². The van der Waals surface area contributed by atoms with E-state index < -0.39 is 73.3 Å². The first-order valence-electron chi connectivity index (χ1n) is 15.0. The molecular formula is C36H28F3NO10. The van der Waals surface area contributed by atoms with Crippen LogP contribution in [0.5, 0.6) is 0 Å². The molecule has 1 saturated heterocycles. The highest BCUT2D eigenvalue weighted by atomic mass is 19.4. The van der Waals surface area contributed by atoms with Gasteiger partial charge in [-0.15, -0.1) is 0 Å². The van der Waals surface area contributed by atoms with Crippen molar-refractivity contribution in [2.45, 2.75) is 36.9 Å². The van der Waals surface area contributed by atoms with Crippen LogP contribution in [0, 0.1) is 5.41 Å². The number of hydrogen-bond donors (Lipinski definition) is 1. The van der Waals surface area contributed by atoms with Crippen LogP contribution >= 0.6 is 0 Å². The molecule has 0 amide bonds. The number of carbonyl (C=O) groups excluding carboxylic acids is 4. The smallest absolute Gasteiger partial charge is 0.459 e. The van der Waals surface area contributed by atoms with Crippen LogP contribution in [-0.2, 0) is 28.4 Å². The molecule has 14 heteroatoms. The monoisotopic (exact) mass is 691 g/mol. The molecule has 0 spiro atoms. The van der Waals surface area contributed by atoms with Gasteiger partial charge in [0.2, 0.25) is 12.4 Å². The fourth-order valence-electron chi connectivity index (χ4n) is 4.81. The maximum absolute atomic E-state index is 13.6. The Hall–Kier alpha value is -6.02. The molecule has 0 saturated carbocycles. The van der Waals surface area contributed by atoms with Crippen LogP contribution < -0.4 is 0 Å². The van der Waals surface area contributed by atoms with Crippen molar-refractivity contribution in [1.29, 1.82) is 5.41 Å². The lowest BCUT2D eigenvalue weighted by Gasteiger charge is -2.44. The Kier molecular flexibility index (Phi) is 11.2. The second-order valence-electron chi connectivity index (χ2n) is 10.7. The number of halogens is 3. The fourth-order valence-corrected chi connectivity index (χ4v) is 4.81. The molecule has 1 N–H and O–H groups in total. The predicted octanol–water partition coefficient (Wildman–Crippen LogP) is 5.80. The summed E-state index contributed by atoms with van der Waals surface area (Å²) >= 11 is 0. The summed E-state index contributed by atoms with van der Waals surface area (Å²) in [6, 6.07) is 29.9. The lowest BCUT2D eigenvalue weighted by Crippen LogP contribution is -2.63. The molecule has 5 atom stereocenters. The van der Waals surface area contributed by atoms with Crippen molar-refractivity contribution in [2.75, 3.05) is 6.61 Å². The van der Waals surface area contributed by atoms with Gasteiger partial charge in [-0.05, 0) is 48.5 Å². The van der Waals surface area contributed by atoms with Crippen LogP contribution in [-0.4, -0.2) is 73.3 Å². The van der Waals surface area contributed by atoms with E-state index in [0.29, 0.717) is 0 Å². The highest BCUT2D eigenvalue weighted by molar-refractivity contribution is 5.91. The van der Waals surface area contributed by atoms with Crippen molar-refractivity contribution in [3.8, 4) is 0 Å². The maximum Gasteiger partial charge on any atom is 0.467 e. The van der Waals surface area contributed by atoms with Gasteiger partial charge in [0, 0.05) is 0 Å². The van der Waals surface area contributed by atoms with Gasteiger partial charge in [-0.1, -0.05) is 72.8 Å². The van der Waals surface area contributed by atoms with E-state index in [9.17, 15) is 32.3 Å². The molecule has 50 heavy (non-hydrogen) atoms. The summed E-state index contributed by atoms with van der Waals surface area (Å²) < 4.78 is 74.0. The van der Waals surface area contributed by atoms with Gasteiger partial charge in [-0.25, -0.2) is 19.2 Å². The standard InChI is InChI=1S/C36H28F3NO10/c37-36(38,39)35(40)50-34-29(49-33(44)25-19-11-4-12-20-25)28(48-32(43)24-17-9-3-10-18-24)27(47-31(42)23-15-7-2-8-16-23)26(46-34)21-45-30(41)22-13-5-1-6-14-22/h1-20,26-29,34,40H,21H2/t26-,27-,28+,29-,34?/m1/s1. The zero-order chi connectivity index (χ0) is 35.7. The minimum absolute atomic E-state index is 0.0205. The van der Waals surface area contributed by atoms with Crippen molar-refractivity contribution >= 4 is 29.8 Å². The van der Waals surface area contributed by atoms with Crippen LogP contribution in [0.25, 0.3) is 0 Å². The Labute approximate surface area is 282 Å². The molecule has 258 valence electrons. The van der Waals surface area contributed by atoms with E-state index in [0.717, 1.165) is 0 Å². The number of hydrogen-bond acceptors (Lipinski definition) is 11. The van der Waals surface area contributed by atoms with Gasteiger partial charge in [0.1, 0.15) is 12.7 Å². The third-order valence-corrected chi connectivity index (χ3v) is 7.23. The Balaban J connectivity index is 1.58. The van der Waals surface area contributed by atoms with Gasteiger partial charge in [0.15, 0.2) is 12.2 Å². The zero-order valence-corrected chi connectivity index (χ0v) is 25.9. The van der Waals surface area contributed by atoms with Crippen molar-refractivity contribution in [1.82, 2.24) is 0 Å².